The van der Waals surface area contributed by atoms with Crippen molar-refractivity contribution in [3.8, 4) is 5.69 Å². The van der Waals surface area contributed by atoms with Crippen molar-refractivity contribution in [2.24, 2.45) is 4.99 Å². The molecule has 188 valence electrons. The molecule has 0 saturated heterocycles. The van der Waals surface area contributed by atoms with E-state index in [1.54, 1.807) is 22.9 Å². The number of rotatable bonds is 6. The largest absolute Gasteiger partial charge is 0.479 e. The van der Waals surface area contributed by atoms with Crippen LogP contribution in [0.15, 0.2) is 83.9 Å². The first-order valence-electron chi connectivity index (χ1n) is 12.5. The third-order valence-corrected chi connectivity index (χ3v) is 6.46. The fourth-order valence-corrected chi connectivity index (χ4v) is 4.75. The number of fused-ring (bicyclic) bond motifs is 1. The van der Waals surface area contributed by atoms with E-state index in [1.165, 1.54) is 12.1 Å². The van der Waals surface area contributed by atoms with E-state index in [9.17, 15) is 9.18 Å². The first-order valence-corrected chi connectivity index (χ1v) is 12.5. The highest BCUT2D eigenvalue weighted by Gasteiger charge is 2.40. The smallest absolute Gasteiger partial charge is 0.251 e. The number of carbonyl (C=O) groups excluding carboxylic acids is 1. The summed E-state index contributed by atoms with van der Waals surface area (Å²) in [6, 6.07) is 23.0. The first kappa shape index (κ1) is 24.4. The predicted octanol–water partition coefficient (Wildman–Crippen LogP) is 6.03. The highest BCUT2D eigenvalue weighted by Crippen LogP contribution is 2.42. The van der Waals surface area contributed by atoms with Crippen molar-refractivity contribution in [2.75, 3.05) is 6.61 Å². The number of amides is 1. The summed E-state index contributed by atoms with van der Waals surface area (Å²) in [6.45, 7) is 6.34. The maximum Gasteiger partial charge on any atom is 0.251 e. The number of hydrogen-bond donors (Lipinski definition) is 1. The van der Waals surface area contributed by atoms with E-state index in [0.29, 0.717) is 23.9 Å². The van der Waals surface area contributed by atoms with Crippen LogP contribution in [0.5, 0.6) is 0 Å². The Morgan fingerprint density at radius 1 is 1.03 bits per heavy atom. The molecule has 1 amide bonds. The molecule has 0 saturated carbocycles. The summed E-state index contributed by atoms with van der Waals surface area (Å²) in [7, 11) is 0. The quantitative estimate of drug-likeness (QED) is 0.354. The molecule has 1 N–H and O–H groups in total. The Balaban J connectivity index is 1.67. The van der Waals surface area contributed by atoms with Crippen LogP contribution in [0.2, 0.25) is 0 Å². The lowest BCUT2D eigenvalue weighted by Gasteiger charge is -2.33. The minimum absolute atomic E-state index is 0.231. The average molecular weight is 497 g/mol. The Kier molecular flexibility index (Phi) is 6.86. The number of nitrogens with zero attached hydrogens (tertiary/aromatic N) is 3. The van der Waals surface area contributed by atoms with Gasteiger partial charge in [0, 0.05) is 17.0 Å². The molecule has 6 nitrogen and oxygen atoms in total. The normalized spacial score (nSPS) is 16.6. The number of carbonyl (C=O) groups is 1. The molecule has 0 fully saturated rings. The summed E-state index contributed by atoms with van der Waals surface area (Å²) in [5, 5.41) is 8.00. The molecule has 2 heterocycles. The fourth-order valence-electron chi connectivity index (χ4n) is 4.75. The summed E-state index contributed by atoms with van der Waals surface area (Å²) in [6.07, 6.45) is 0.780. The summed E-state index contributed by atoms with van der Waals surface area (Å²) in [4.78, 5) is 18.4. The third-order valence-electron chi connectivity index (χ3n) is 6.46. The van der Waals surface area contributed by atoms with Crippen molar-refractivity contribution >= 4 is 17.6 Å². The van der Waals surface area contributed by atoms with Gasteiger partial charge in [-0.25, -0.2) is 9.07 Å². The van der Waals surface area contributed by atoms with E-state index < -0.39 is 6.04 Å². The number of para-hydroxylation sites is 1. The number of benzene rings is 3. The van der Waals surface area contributed by atoms with E-state index in [0.717, 1.165) is 34.5 Å². The van der Waals surface area contributed by atoms with Crippen molar-refractivity contribution in [3.05, 3.63) is 113 Å². The maximum atomic E-state index is 13.9. The number of aliphatic imine (C=N–C) groups is 1. The number of aryl methyl sites for hydroxylation is 2. The molecule has 3 aromatic carbocycles. The van der Waals surface area contributed by atoms with E-state index >= 15 is 0 Å². The zero-order valence-electron chi connectivity index (χ0n) is 21.1. The van der Waals surface area contributed by atoms with Gasteiger partial charge in [-0.1, -0.05) is 55.0 Å². The van der Waals surface area contributed by atoms with Crippen LogP contribution in [0.1, 0.15) is 52.0 Å². The SMILES string of the molecule is CCCOC1=Nc2c(c(C)nn2-c2ccccc2)[C@@H](c2ccc(F)cc2)[C@H]1NC(=O)c1cccc(C)c1. The van der Waals surface area contributed by atoms with Crippen LogP contribution < -0.4 is 5.32 Å². The van der Waals surface area contributed by atoms with Crippen LogP contribution in [0.25, 0.3) is 5.69 Å². The number of aromatic nitrogens is 2. The van der Waals surface area contributed by atoms with Crippen LogP contribution in [-0.2, 0) is 4.74 Å². The lowest BCUT2D eigenvalue weighted by atomic mass is 9.82. The highest BCUT2D eigenvalue weighted by molar-refractivity contribution is 5.99. The van der Waals surface area contributed by atoms with Crippen LogP contribution in [0.3, 0.4) is 0 Å². The molecule has 0 bridgehead atoms. The highest BCUT2D eigenvalue weighted by atomic mass is 19.1. The molecular formula is C30H29FN4O2. The predicted molar refractivity (Wildman–Crippen MR) is 142 cm³/mol. The second-order valence-corrected chi connectivity index (χ2v) is 9.22. The van der Waals surface area contributed by atoms with E-state index in [4.69, 9.17) is 14.8 Å². The monoisotopic (exact) mass is 496 g/mol. The molecule has 7 heteroatoms. The van der Waals surface area contributed by atoms with Crippen molar-refractivity contribution in [3.63, 3.8) is 0 Å². The minimum Gasteiger partial charge on any atom is -0.479 e. The van der Waals surface area contributed by atoms with E-state index in [1.807, 2.05) is 69.3 Å². The van der Waals surface area contributed by atoms with Crippen molar-refractivity contribution in [1.82, 2.24) is 15.1 Å². The lowest BCUT2D eigenvalue weighted by molar-refractivity contribution is 0.0938. The second-order valence-electron chi connectivity index (χ2n) is 9.22. The Hall–Kier alpha value is -4.26. The van der Waals surface area contributed by atoms with Gasteiger partial charge in [-0.2, -0.15) is 10.1 Å². The molecule has 0 radical (unpaired) electrons. The van der Waals surface area contributed by atoms with Crippen LogP contribution in [0.4, 0.5) is 10.2 Å². The molecule has 1 aliphatic rings. The lowest BCUT2D eigenvalue weighted by Crippen LogP contribution is -2.47. The van der Waals surface area contributed by atoms with Crippen molar-refractivity contribution in [2.45, 2.75) is 39.2 Å². The zero-order chi connectivity index (χ0) is 25.9. The molecular weight excluding hydrogens is 467 g/mol. The fraction of sp³-hybridized carbons (Fsp3) is 0.233. The van der Waals surface area contributed by atoms with Gasteiger partial charge in [0.25, 0.3) is 5.91 Å². The first-order chi connectivity index (χ1) is 18.0. The van der Waals surface area contributed by atoms with Gasteiger partial charge >= 0.3 is 0 Å². The Morgan fingerprint density at radius 3 is 2.49 bits per heavy atom. The number of nitrogens with one attached hydrogen (secondary N) is 1. The average Bonchev–Trinajstić information content (AvgIpc) is 3.24. The number of hydrogen-bond acceptors (Lipinski definition) is 4. The maximum absolute atomic E-state index is 13.9. The van der Waals surface area contributed by atoms with Crippen LogP contribution >= 0.6 is 0 Å². The number of ether oxygens (including phenoxy) is 1. The van der Waals surface area contributed by atoms with Gasteiger partial charge in [-0.3, -0.25) is 4.79 Å². The molecule has 0 spiro atoms. The number of halogens is 1. The molecule has 0 aliphatic carbocycles. The third kappa shape index (κ3) is 4.89. The van der Waals surface area contributed by atoms with Gasteiger partial charge < -0.3 is 10.1 Å². The van der Waals surface area contributed by atoms with Gasteiger partial charge in [0.1, 0.15) is 11.9 Å². The molecule has 4 aromatic rings. The van der Waals surface area contributed by atoms with Gasteiger partial charge in [0.05, 0.1) is 18.0 Å². The second kappa shape index (κ2) is 10.4. The minimum atomic E-state index is -0.607. The van der Waals surface area contributed by atoms with Crippen molar-refractivity contribution < 1.29 is 13.9 Å². The summed E-state index contributed by atoms with van der Waals surface area (Å²) in [5.74, 6) is 0.108. The summed E-state index contributed by atoms with van der Waals surface area (Å²) in [5.41, 5.74) is 4.89. The van der Waals surface area contributed by atoms with Crippen molar-refractivity contribution in [1.29, 1.82) is 0 Å². The topological polar surface area (TPSA) is 68.5 Å². The van der Waals surface area contributed by atoms with Crippen LogP contribution in [-0.4, -0.2) is 34.2 Å². The van der Waals surface area contributed by atoms with E-state index in [2.05, 4.69) is 5.32 Å². The molecule has 1 aliphatic heterocycles. The summed E-state index contributed by atoms with van der Waals surface area (Å²) >= 11 is 0. The van der Waals surface area contributed by atoms with Gasteiger partial charge in [-0.05, 0) is 62.2 Å². The Labute approximate surface area is 215 Å². The summed E-state index contributed by atoms with van der Waals surface area (Å²) < 4.78 is 21.9. The molecule has 0 unspecified atom stereocenters. The Bertz CT molecular complexity index is 1440. The molecule has 5 rings (SSSR count). The molecule has 1 aromatic heterocycles. The Morgan fingerprint density at radius 2 is 1.78 bits per heavy atom. The van der Waals surface area contributed by atoms with E-state index in [-0.39, 0.29) is 17.6 Å². The zero-order valence-corrected chi connectivity index (χ0v) is 21.1. The van der Waals surface area contributed by atoms with Gasteiger partial charge in [0.15, 0.2) is 5.82 Å². The van der Waals surface area contributed by atoms with Gasteiger partial charge in [0.2, 0.25) is 5.90 Å². The molecule has 37 heavy (non-hydrogen) atoms. The van der Waals surface area contributed by atoms with Crippen LogP contribution in [0, 0.1) is 19.7 Å². The standard InChI is InChI=1S/C30H29FN4O2/c1-4-17-37-30-27(32-29(36)22-10-8-9-19(2)18-22)26(21-13-15-23(31)16-14-21)25-20(3)34-35(28(25)33-30)24-11-6-5-7-12-24/h5-16,18,26-27H,4,17H2,1-3H3,(H,32,36)/t26-,27-/m1/s1. The molecule has 2 atom stereocenters. The van der Waals surface area contributed by atoms with Gasteiger partial charge in [-0.15, -0.1) is 0 Å².